The van der Waals surface area contributed by atoms with Crippen LogP contribution in [-0.2, 0) is 4.79 Å². The van der Waals surface area contributed by atoms with Crippen molar-refractivity contribution in [3.63, 3.8) is 0 Å². The summed E-state index contributed by atoms with van der Waals surface area (Å²) in [7, 11) is 1.84. The third-order valence-corrected chi connectivity index (χ3v) is 1.62. The first-order valence-electron chi connectivity index (χ1n) is 3.73. The Morgan fingerprint density at radius 1 is 1.30 bits per heavy atom. The Labute approximate surface area is 64.0 Å². The molecule has 0 heterocycles. The standard InChI is InChI=1S/C7H16BNO/c1-5(2)7(10)9(8)6(3)4/h5-6H,8H2,1-4H3. The lowest BCUT2D eigenvalue weighted by atomic mass is 10.1. The van der Waals surface area contributed by atoms with Gasteiger partial charge < -0.3 is 4.81 Å². The summed E-state index contributed by atoms with van der Waals surface area (Å²) in [6, 6.07) is 0.315. The Hall–Kier alpha value is -0.465. The van der Waals surface area contributed by atoms with Crippen LogP contribution in [0.25, 0.3) is 0 Å². The maximum atomic E-state index is 11.2. The second kappa shape index (κ2) is 3.64. The fourth-order valence-electron chi connectivity index (χ4n) is 0.662. The molecule has 0 saturated heterocycles. The van der Waals surface area contributed by atoms with Crippen LogP contribution in [0.15, 0.2) is 0 Å². The molecule has 1 amide bonds. The molecule has 0 aromatic heterocycles. The van der Waals surface area contributed by atoms with E-state index in [-0.39, 0.29) is 11.8 Å². The highest BCUT2D eigenvalue weighted by Crippen LogP contribution is 2.01. The van der Waals surface area contributed by atoms with Crippen LogP contribution >= 0.6 is 0 Å². The lowest BCUT2D eigenvalue weighted by Gasteiger charge is -2.23. The lowest BCUT2D eigenvalue weighted by Crippen LogP contribution is -2.37. The molecule has 0 radical (unpaired) electrons. The summed E-state index contributed by atoms with van der Waals surface area (Å²) in [4.78, 5) is 13.0. The van der Waals surface area contributed by atoms with Crippen molar-refractivity contribution in [3.05, 3.63) is 0 Å². The first-order chi connectivity index (χ1) is 4.46. The SMILES string of the molecule is BN(C(=O)C(C)C)C(C)C. The topological polar surface area (TPSA) is 20.3 Å². The lowest BCUT2D eigenvalue weighted by molar-refractivity contribution is -0.130. The van der Waals surface area contributed by atoms with E-state index in [9.17, 15) is 4.79 Å². The Morgan fingerprint density at radius 2 is 1.70 bits per heavy atom. The molecule has 0 aromatic rings. The summed E-state index contributed by atoms with van der Waals surface area (Å²) in [5.74, 6) is 0.336. The van der Waals surface area contributed by atoms with Crippen molar-refractivity contribution in [2.24, 2.45) is 5.92 Å². The average Bonchev–Trinajstić information content (AvgIpc) is 1.84. The summed E-state index contributed by atoms with van der Waals surface area (Å²) in [5, 5.41) is 0. The number of rotatable bonds is 2. The Balaban J connectivity index is 3.95. The molecular weight excluding hydrogens is 125 g/mol. The highest BCUT2D eigenvalue weighted by Gasteiger charge is 2.13. The predicted octanol–water partition coefficient (Wildman–Crippen LogP) is 0.427. The van der Waals surface area contributed by atoms with Gasteiger partial charge in [-0.2, -0.15) is 0 Å². The molecular formula is C7H16BNO. The van der Waals surface area contributed by atoms with Crippen molar-refractivity contribution >= 4 is 13.9 Å². The molecule has 0 aliphatic heterocycles. The van der Waals surface area contributed by atoms with Gasteiger partial charge in [0.1, 0.15) is 0 Å². The Morgan fingerprint density at radius 3 is 1.80 bits per heavy atom. The predicted molar refractivity (Wildman–Crippen MR) is 45.4 cm³/mol. The van der Waals surface area contributed by atoms with E-state index in [4.69, 9.17) is 0 Å². The van der Waals surface area contributed by atoms with E-state index in [1.807, 2.05) is 35.7 Å². The minimum absolute atomic E-state index is 0.118. The van der Waals surface area contributed by atoms with Crippen LogP contribution in [-0.4, -0.2) is 24.7 Å². The van der Waals surface area contributed by atoms with E-state index in [1.54, 1.807) is 4.81 Å². The first kappa shape index (κ1) is 9.53. The largest absolute Gasteiger partial charge is 0.391 e. The summed E-state index contributed by atoms with van der Waals surface area (Å²) in [5.41, 5.74) is 0. The number of hydrogen-bond donors (Lipinski definition) is 0. The van der Waals surface area contributed by atoms with Crippen molar-refractivity contribution in [2.75, 3.05) is 0 Å². The van der Waals surface area contributed by atoms with E-state index in [1.165, 1.54) is 0 Å². The van der Waals surface area contributed by atoms with Crippen LogP contribution in [0.2, 0.25) is 0 Å². The summed E-state index contributed by atoms with van der Waals surface area (Å²) in [6.45, 7) is 7.86. The zero-order valence-corrected chi connectivity index (χ0v) is 7.51. The van der Waals surface area contributed by atoms with Crippen molar-refractivity contribution in [3.8, 4) is 0 Å². The molecule has 0 atom stereocenters. The molecule has 0 saturated carbocycles. The van der Waals surface area contributed by atoms with Gasteiger partial charge in [0.15, 0.2) is 0 Å². The van der Waals surface area contributed by atoms with Crippen LogP contribution in [0.1, 0.15) is 27.7 Å². The molecule has 0 unspecified atom stereocenters. The molecule has 10 heavy (non-hydrogen) atoms. The molecule has 0 bridgehead atoms. The monoisotopic (exact) mass is 141 g/mol. The fourth-order valence-corrected chi connectivity index (χ4v) is 0.662. The van der Waals surface area contributed by atoms with Gasteiger partial charge in [-0.3, -0.25) is 4.79 Å². The Kier molecular flexibility index (Phi) is 3.47. The van der Waals surface area contributed by atoms with Crippen molar-refractivity contribution in [2.45, 2.75) is 33.7 Å². The third-order valence-electron chi connectivity index (χ3n) is 1.62. The summed E-state index contributed by atoms with van der Waals surface area (Å²) >= 11 is 0. The summed E-state index contributed by atoms with van der Waals surface area (Å²) < 4.78 is 0. The maximum Gasteiger partial charge on any atom is 0.221 e. The molecule has 3 heteroatoms. The molecule has 2 nitrogen and oxygen atoms in total. The minimum atomic E-state index is 0.118. The van der Waals surface area contributed by atoms with Gasteiger partial charge in [-0.25, -0.2) is 0 Å². The number of nitrogens with zero attached hydrogens (tertiary/aromatic N) is 1. The number of carbonyl (C=O) groups excluding carboxylic acids is 1. The van der Waals surface area contributed by atoms with Crippen LogP contribution in [0.5, 0.6) is 0 Å². The Bertz CT molecular complexity index is 123. The van der Waals surface area contributed by atoms with Gasteiger partial charge in [0.05, 0.1) is 0 Å². The molecule has 0 rings (SSSR count). The van der Waals surface area contributed by atoms with Crippen LogP contribution in [0, 0.1) is 5.92 Å². The first-order valence-corrected chi connectivity index (χ1v) is 3.73. The van der Waals surface area contributed by atoms with E-state index < -0.39 is 0 Å². The molecule has 0 N–H and O–H groups in total. The average molecular weight is 141 g/mol. The normalized spacial score (nSPS) is 10.6. The van der Waals surface area contributed by atoms with Crippen molar-refractivity contribution in [1.29, 1.82) is 0 Å². The number of amides is 1. The smallest absolute Gasteiger partial charge is 0.221 e. The zero-order chi connectivity index (χ0) is 8.31. The van der Waals surface area contributed by atoms with Crippen LogP contribution in [0.4, 0.5) is 0 Å². The van der Waals surface area contributed by atoms with Gasteiger partial charge in [0, 0.05) is 12.0 Å². The third kappa shape index (κ3) is 2.42. The van der Waals surface area contributed by atoms with Gasteiger partial charge in [0.25, 0.3) is 0 Å². The van der Waals surface area contributed by atoms with Gasteiger partial charge in [-0.1, -0.05) is 13.8 Å². The molecule has 0 fully saturated rings. The van der Waals surface area contributed by atoms with Crippen molar-refractivity contribution < 1.29 is 4.79 Å². The van der Waals surface area contributed by atoms with E-state index in [2.05, 4.69) is 0 Å². The number of hydrogen-bond acceptors (Lipinski definition) is 1. The highest BCUT2D eigenvalue weighted by molar-refractivity contribution is 6.14. The number of carbonyl (C=O) groups is 1. The van der Waals surface area contributed by atoms with Gasteiger partial charge in [0.2, 0.25) is 13.9 Å². The van der Waals surface area contributed by atoms with E-state index in [0.717, 1.165) is 0 Å². The van der Waals surface area contributed by atoms with Crippen LogP contribution in [0.3, 0.4) is 0 Å². The highest BCUT2D eigenvalue weighted by atomic mass is 16.2. The van der Waals surface area contributed by atoms with E-state index in [0.29, 0.717) is 6.04 Å². The maximum absolute atomic E-state index is 11.2. The minimum Gasteiger partial charge on any atom is -0.391 e. The second-order valence-corrected chi connectivity index (χ2v) is 3.20. The van der Waals surface area contributed by atoms with Crippen LogP contribution < -0.4 is 0 Å². The molecule has 0 aliphatic rings. The van der Waals surface area contributed by atoms with Crippen molar-refractivity contribution in [1.82, 2.24) is 4.81 Å². The molecule has 0 spiro atoms. The fraction of sp³-hybridized carbons (Fsp3) is 0.857. The van der Waals surface area contributed by atoms with Gasteiger partial charge in [-0.05, 0) is 13.8 Å². The van der Waals surface area contributed by atoms with Gasteiger partial charge in [-0.15, -0.1) is 0 Å². The summed E-state index contributed by atoms with van der Waals surface area (Å²) in [6.07, 6.45) is 0. The zero-order valence-electron chi connectivity index (χ0n) is 7.51. The van der Waals surface area contributed by atoms with E-state index >= 15 is 0 Å². The quantitative estimate of drug-likeness (QED) is 0.510. The van der Waals surface area contributed by atoms with Gasteiger partial charge >= 0.3 is 0 Å². The molecule has 0 aliphatic carbocycles. The second-order valence-electron chi connectivity index (χ2n) is 3.20. The molecule has 58 valence electrons. The molecule has 0 aromatic carbocycles.